The number of hydrogen-bond acceptors (Lipinski definition) is 4. The summed E-state index contributed by atoms with van der Waals surface area (Å²) in [6.45, 7) is 0. The zero-order chi connectivity index (χ0) is 18.8. The summed E-state index contributed by atoms with van der Waals surface area (Å²) < 4.78 is 29.9. The Bertz CT molecular complexity index is 980. The SMILES string of the molecule is COc1ccc(-c2[nH]c3ccc(F)cc3c2CC(=O)O)c(OC)c1OC. The lowest BCUT2D eigenvalue weighted by Gasteiger charge is -2.16. The minimum atomic E-state index is -1.02. The lowest BCUT2D eigenvalue weighted by Crippen LogP contribution is -2.02. The van der Waals surface area contributed by atoms with E-state index in [0.29, 0.717) is 45.0 Å². The molecular formula is C19H18FNO5. The third-order valence-corrected chi connectivity index (χ3v) is 4.17. The molecule has 0 bridgehead atoms. The molecular weight excluding hydrogens is 341 g/mol. The van der Waals surface area contributed by atoms with Crippen LogP contribution in [0.5, 0.6) is 17.2 Å². The van der Waals surface area contributed by atoms with Crippen LogP contribution in [-0.4, -0.2) is 37.4 Å². The molecule has 2 N–H and O–H groups in total. The van der Waals surface area contributed by atoms with Gasteiger partial charge in [0.05, 0.1) is 33.4 Å². The van der Waals surface area contributed by atoms with E-state index in [-0.39, 0.29) is 6.42 Å². The molecule has 7 heteroatoms. The van der Waals surface area contributed by atoms with Gasteiger partial charge in [0.15, 0.2) is 11.5 Å². The van der Waals surface area contributed by atoms with Crippen LogP contribution < -0.4 is 14.2 Å². The van der Waals surface area contributed by atoms with Crippen LogP contribution in [0.4, 0.5) is 4.39 Å². The Morgan fingerprint density at radius 3 is 2.42 bits per heavy atom. The number of carbonyl (C=O) groups is 1. The van der Waals surface area contributed by atoms with E-state index in [1.807, 2.05) is 0 Å². The van der Waals surface area contributed by atoms with Crippen molar-refractivity contribution in [3.8, 4) is 28.5 Å². The number of aromatic amines is 1. The van der Waals surface area contributed by atoms with Crippen LogP contribution in [0.25, 0.3) is 22.2 Å². The summed E-state index contributed by atoms with van der Waals surface area (Å²) in [6, 6.07) is 7.66. The van der Waals surface area contributed by atoms with Crippen molar-refractivity contribution in [1.82, 2.24) is 4.98 Å². The van der Waals surface area contributed by atoms with E-state index in [1.54, 1.807) is 18.2 Å². The van der Waals surface area contributed by atoms with Crippen LogP contribution in [0.2, 0.25) is 0 Å². The van der Waals surface area contributed by atoms with Crippen molar-refractivity contribution in [1.29, 1.82) is 0 Å². The van der Waals surface area contributed by atoms with E-state index < -0.39 is 11.8 Å². The maximum Gasteiger partial charge on any atom is 0.307 e. The molecule has 0 amide bonds. The van der Waals surface area contributed by atoms with E-state index in [4.69, 9.17) is 14.2 Å². The zero-order valence-corrected chi connectivity index (χ0v) is 14.6. The predicted octanol–water partition coefficient (Wildman–Crippen LogP) is 3.63. The number of H-pyrrole nitrogens is 1. The number of halogens is 1. The summed E-state index contributed by atoms with van der Waals surface area (Å²) in [7, 11) is 4.49. The Morgan fingerprint density at radius 1 is 1.08 bits per heavy atom. The fourth-order valence-corrected chi connectivity index (χ4v) is 3.08. The number of nitrogens with one attached hydrogen (secondary N) is 1. The minimum Gasteiger partial charge on any atom is -0.493 e. The molecule has 0 atom stereocenters. The molecule has 3 rings (SSSR count). The first-order chi connectivity index (χ1) is 12.5. The zero-order valence-electron chi connectivity index (χ0n) is 14.6. The predicted molar refractivity (Wildman–Crippen MR) is 94.7 cm³/mol. The smallest absolute Gasteiger partial charge is 0.307 e. The van der Waals surface area contributed by atoms with Crippen LogP contribution in [-0.2, 0) is 11.2 Å². The molecule has 0 saturated carbocycles. The molecule has 0 aliphatic heterocycles. The summed E-state index contributed by atoms with van der Waals surface area (Å²) in [6.07, 6.45) is -0.268. The lowest BCUT2D eigenvalue weighted by molar-refractivity contribution is -0.136. The Kier molecular flexibility index (Phi) is 4.71. The maximum atomic E-state index is 13.7. The van der Waals surface area contributed by atoms with Crippen molar-refractivity contribution < 1.29 is 28.5 Å². The number of aromatic nitrogens is 1. The van der Waals surface area contributed by atoms with Crippen molar-refractivity contribution >= 4 is 16.9 Å². The third kappa shape index (κ3) is 2.92. The van der Waals surface area contributed by atoms with E-state index in [9.17, 15) is 14.3 Å². The van der Waals surface area contributed by atoms with Crippen LogP contribution in [0.15, 0.2) is 30.3 Å². The highest BCUT2D eigenvalue weighted by Crippen LogP contribution is 2.45. The average molecular weight is 359 g/mol. The average Bonchev–Trinajstić information content (AvgIpc) is 2.97. The summed E-state index contributed by atoms with van der Waals surface area (Å²) >= 11 is 0. The quantitative estimate of drug-likeness (QED) is 0.702. The number of rotatable bonds is 6. The third-order valence-electron chi connectivity index (χ3n) is 4.17. The van der Waals surface area contributed by atoms with Crippen LogP contribution in [0, 0.1) is 5.82 Å². The second kappa shape index (κ2) is 6.95. The molecule has 136 valence electrons. The molecule has 6 nitrogen and oxygen atoms in total. The summed E-state index contributed by atoms with van der Waals surface area (Å²) in [4.78, 5) is 14.5. The molecule has 1 aromatic heterocycles. The van der Waals surface area contributed by atoms with Gasteiger partial charge in [-0.1, -0.05) is 0 Å². The van der Waals surface area contributed by atoms with Crippen LogP contribution in [0.1, 0.15) is 5.56 Å². The minimum absolute atomic E-state index is 0.268. The second-order valence-corrected chi connectivity index (χ2v) is 5.62. The van der Waals surface area contributed by atoms with Crippen molar-refractivity contribution in [2.75, 3.05) is 21.3 Å². The molecule has 0 saturated heterocycles. The Hall–Kier alpha value is -3.22. The second-order valence-electron chi connectivity index (χ2n) is 5.62. The number of ether oxygens (including phenoxy) is 3. The highest BCUT2D eigenvalue weighted by atomic mass is 19.1. The van der Waals surface area contributed by atoms with E-state index in [1.165, 1.54) is 33.5 Å². The van der Waals surface area contributed by atoms with Gasteiger partial charge in [0.2, 0.25) is 5.75 Å². The van der Waals surface area contributed by atoms with Gasteiger partial charge in [0, 0.05) is 16.5 Å². The summed E-state index contributed by atoms with van der Waals surface area (Å²) in [5.41, 5.74) is 2.23. The molecule has 0 aliphatic carbocycles. The number of hydrogen-bond donors (Lipinski definition) is 2. The van der Waals surface area contributed by atoms with E-state index in [0.717, 1.165) is 0 Å². The molecule has 0 aliphatic rings. The maximum absolute atomic E-state index is 13.7. The molecule has 0 unspecified atom stereocenters. The number of carboxylic acid groups (broad SMARTS) is 1. The molecule has 0 radical (unpaired) electrons. The standard InChI is InChI=1S/C19H18FNO5/c1-24-15-7-5-11(18(25-2)19(15)26-3)17-13(9-16(22)23)12-8-10(20)4-6-14(12)21-17/h4-8,21H,9H2,1-3H3,(H,22,23). The van der Waals surface area contributed by atoms with E-state index >= 15 is 0 Å². The van der Waals surface area contributed by atoms with Gasteiger partial charge in [-0.3, -0.25) is 4.79 Å². The summed E-state index contributed by atoms with van der Waals surface area (Å²) in [5, 5.41) is 9.82. The van der Waals surface area contributed by atoms with Crippen molar-refractivity contribution in [2.45, 2.75) is 6.42 Å². The fourth-order valence-electron chi connectivity index (χ4n) is 3.08. The first-order valence-corrected chi connectivity index (χ1v) is 7.81. The van der Waals surface area contributed by atoms with Gasteiger partial charge in [-0.25, -0.2) is 4.39 Å². The summed E-state index contributed by atoms with van der Waals surface area (Å²) in [5.74, 6) is -0.191. The molecule has 26 heavy (non-hydrogen) atoms. The van der Waals surface area contributed by atoms with Gasteiger partial charge in [0.1, 0.15) is 5.82 Å². The highest BCUT2D eigenvalue weighted by molar-refractivity contribution is 5.95. The molecule has 1 heterocycles. The van der Waals surface area contributed by atoms with Gasteiger partial charge in [-0.05, 0) is 35.9 Å². The number of benzene rings is 2. The van der Waals surface area contributed by atoms with Gasteiger partial charge >= 0.3 is 5.97 Å². The largest absolute Gasteiger partial charge is 0.493 e. The first-order valence-electron chi connectivity index (χ1n) is 7.81. The van der Waals surface area contributed by atoms with Gasteiger partial charge in [-0.2, -0.15) is 0 Å². The van der Waals surface area contributed by atoms with E-state index in [2.05, 4.69) is 4.98 Å². The fraction of sp³-hybridized carbons (Fsp3) is 0.211. The Morgan fingerprint density at radius 2 is 1.81 bits per heavy atom. The van der Waals surface area contributed by atoms with Gasteiger partial charge in [-0.15, -0.1) is 0 Å². The molecule has 0 fully saturated rings. The van der Waals surface area contributed by atoms with Crippen molar-refractivity contribution in [3.63, 3.8) is 0 Å². The molecule has 0 spiro atoms. The lowest BCUT2D eigenvalue weighted by atomic mass is 10.0. The Labute approximate surface area is 149 Å². The number of carboxylic acids is 1. The number of methoxy groups -OCH3 is 3. The Balaban J connectivity index is 2.33. The molecule has 3 aromatic rings. The molecule has 2 aromatic carbocycles. The number of fused-ring (bicyclic) bond motifs is 1. The normalized spacial score (nSPS) is 10.8. The first kappa shape index (κ1) is 17.6. The van der Waals surface area contributed by atoms with Crippen LogP contribution in [0.3, 0.4) is 0 Å². The highest BCUT2D eigenvalue weighted by Gasteiger charge is 2.23. The topological polar surface area (TPSA) is 80.8 Å². The monoisotopic (exact) mass is 359 g/mol. The number of aliphatic carboxylic acids is 1. The van der Waals surface area contributed by atoms with Gasteiger partial charge in [0.25, 0.3) is 0 Å². The van der Waals surface area contributed by atoms with Crippen molar-refractivity contribution in [3.05, 3.63) is 41.7 Å². The van der Waals surface area contributed by atoms with Gasteiger partial charge < -0.3 is 24.3 Å². The van der Waals surface area contributed by atoms with Crippen LogP contribution >= 0.6 is 0 Å². The van der Waals surface area contributed by atoms with Crippen molar-refractivity contribution in [2.24, 2.45) is 0 Å².